The molecule has 0 heterocycles. The van der Waals surface area contributed by atoms with E-state index in [2.05, 4.69) is 6.92 Å². The average Bonchev–Trinajstić information content (AvgIpc) is 2.45. The minimum Gasteiger partial charge on any atom is -0.478 e. The number of rotatable bonds is 15. The highest BCUT2D eigenvalue weighted by Crippen LogP contribution is 2.11. The van der Waals surface area contributed by atoms with Crippen LogP contribution in [0, 0.1) is 0 Å². The number of hydrogen-bond donors (Lipinski definition) is 1. The normalized spacial score (nSPS) is 11.1. The summed E-state index contributed by atoms with van der Waals surface area (Å²) in [5.41, 5.74) is 0. The van der Waals surface area contributed by atoms with Gasteiger partial charge in [-0.3, -0.25) is 4.79 Å². The van der Waals surface area contributed by atoms with E-state index >= 15 is 0 Å². The maximum atomic E-state index is 11.7. The van der Waals surface area contributed by atoms with Crippen molar-refractivity contribution in [3.05, 3.63) is 12.2 Å². The lowest BCUT2D eigenvalue weighted by Gasteiger charge is -2.02. The van der Waals surface area contributed by atoms with Crippen molar-refractivity contribution >= 4 is 11.8 Å². The predicted molar refractivity (Wildman–Crippen MR) is 87.5 cm³/mol. The fourth-order valence-electron chi connectivity index (χ4n) is 2.35. The molecule has 1 N–H and O–H groups in total. The molecule has 0 bridgehead atoms. The third-order valence-electron chi connectivity index (χ3n) is 3.65. The van der Waals surface area contributed by atoms with Gasteiger partial charge >= 0.3 is 5.97 Å². The molecule has 3 nitrogen and oxygen atoms in total. The second-order valence-corrected chi connectivity index (χ2v) is 5.75. The highest BCUT2D eigenvalue weighted by molar-refractivity contribution is 5.79. The van der Waals surface area contributed by atoms with E-state index in [-0.39, 0.29) is 0 Å². The van der Waals surface area contributed by atoms with Crippen LogP contribution in [-0.2, 0) is 9.59 Å². The largest absolute Gasteiger partial charge is 0.478 e. The third-order valence-corrected chi connectivity index (χ3v) is 3.65. The molecule has 122 valence electrons. The van der Waals surface area contributed by atoms with E-state index in [4.69, 9.17) is 5.11 Å². The van der Waals surface area contributed by atoms with Crippen molar-refractivity contribution in [3.8, 4) is 0 Å². The Morgan fingerprint density at radius 3 is 1.90 bits per heavy atom. The van der Waals surface area contributed by atoms with Crippen LogP contribution < -0.4 is 0 Å². The van der Waals surface area contributed by atoms with Gasteiger partial charge in [-0.25, -0.2) is 4.79 Å². The van der Waals surface area contributed by atoms with Crippen LogP contribution in [0.15, 0.2) is 12.2 Å². The number of Topliss-reactive ketones (excluding diaryl/α,β-unsaturated/α-hetero) is 1. The zero-order chi connectivity index (χ0) is 15.8. The van der Waals surface area contributed by atoms with Crippen LogP contribution in [0.25, 0.3) is 0 Å². The van der Waals surface area contributed by atoms with Gasteiger partial charge in [0.1, 0.15) is 5.78 Å². The monoisotopic (exact) mass is 296 g/mol. The fourth-order valence-corrected chi connectivity index (χ4v) is 2.35. The first kappa shape index (κ1) is 19.9. The molecule has 0 radical (unpaired) electrons. The number of carboxylic acid groups (broad SMARTS) is 1. The Kier molecular flexibility index (Phi) is 14.5. The van der Waals surface area contributed by atoms with E-state index in [9.17, 15) is 9.59 Å². The summed E-state index contributed by atoms with van der Waals surface area (Å²) < 4.78 is 0. The lowest BCUT2D eigenvalue weighted by atomic mass is 10.0. The van der Waals surface area contributed by atoms with Crippen molar-refractivity contribution in [3.63, 3.8) is 0 Å². The second kappa shape index (κ2) is 15.3. The van der Waals surface area contributed by atoms with Gasteiger partial charge in [0, 0.05) is 18.9 Å². The van der Waals surface area contributed by atoms with Gasteiger partial charge in [-0.15, -0.1) is 0 Å². The molecule has 0 rings (SSSR count). The lowest BCUT2D eigenvalue weighted by Crippen LogP contribution is -1.97. The summed E-state index contributed by atoms with van der Waals surface area (Å²) in [7, 11) is 0. The topological polar surface area (TPSA) is 54.4 Å². The van der Waals surface area contributed by atoms with E-state index in [0.29, 0.717) is 5.78 Å². The number of ketones is 1. The van der Waals surface area contributed by atoms with Crippen LogP contribution in [0.3, 0.4) is 0 Å². The number of aliphatic carboxylic acids is 1. The van der Waals surface area contributed by atoms with Crippen molar-refractivity contribution in [2.24, 2.45) is 0 Å². The molecule has 0 unspecified atom stereocenters. The van der Waals surface area contributed by atoms with Crippen molar-refractivity contribution in [2.75, 3.05) is 0 Å². The molecular formula is C18H32O3. The molecule has 0 aromatic heterocycles. The fraction of sp³-hybridized carbons (Fsp3) is 0.778. The highest BCUT2D eigenvalue weighted by atomic mass is 16.4. The number of allylic oxidation sites excluding steroid dienone is 1. The Morgan fingerprint density at radius 1 is 0.810 bits per heavy atom. The quantitative estimate of drug-likeness (QED) is 0.330. The molecule has 0 saturated heterocycles. The summed E-state index contributed by atoms with van der Waals surface area (Å²) >= 11 is 0. The minimum absolute atomic E-state index is 0.413. The molecule has 0 aliphatic carbocycles. The molecular weight excluding hydrogens is 264 g/mol. The Morgan fingerprint density at radius 2 is 1.33 bits per heavy atom. The van der Waals surface area contributed by atoms with E-state index in [1.807, 2.05) is 0 Å². The van der Waals surface area contributed by atoms with Crippen molar-refractivity contribution < 1.29 is 14.7 Å². The molecule has 0 fully saturated rings. The van der Waals surface area contributed by atoms with Crippen molar-refractivity contribution in [1.82, 2.24) is 0 Å². The molecule has 0 atom stereocenters. The van der Waals surface area contributed by atoms with Crippen LogP contribution in [0.1, 0.15) is 90.4 Å². The molecule has 0 spiro atoms. The summed E-state index contributed by atoms with van der Waals surface area (Å²) in [5, 5.41) is 8.42. The minimum atomic E-state index is -0.879. The first-order chi connectivity index (χ1) is 10.2. The number of carbonyl (C=O) groups excluding carboxylic acids is 1. The van der Waals surface area contributed by atoms with E-state index in [0.717, 1.165) is 51.4 Å². The summed E-state index contributed by atoms with van der Waals surface area (Å²) in [6, 6.07) is 0. The molecule has 0 amide bonds. The number of unbranched alkanes of at least 4 members (excludes halogenated alkanes) is 9. The number of hydrogen-bond acceptors (Lipinski definition) is 2. The van der Waals surface area contributed by atoms with E-state index in [1.54, 1.807) is 6.08 Å². The van der Waals surface area contributed by atoms with E-state index < -0.39 is 5.97 Å². The molecule has 3 heteroatoms. The van der Waals surface area contributed by atoms with Crippen LogP contribution in [-0.4, -0.2) is 16.9 Å². The first-order valence-corrected chi connectivity index (χ1v) is 8.58. The molecule has 0 aromatic carbocycles. The van der Waals surface area contributed by atoms with Crippen molar-refractivity contribution in [2.45, 2.75) is 90.4 Å². The van der Waals surface area contributed by atoms with Gasteiger partial charge in [-0.1, -0.05) is 57.9 Å². The molecule has 0 aliphatic rings. The maximum absolute atomic E-state index is 11.7. The molecule has 0 saturated carbocycles. The van der Waals surface area contributed by atoms with E-state index in [1.165, 1.54) is 38.2 Å². The summed E-state index contributed by atoms with van der Waals surface area (Å²) in [4.78, 5) is 21.9. The maximum Gasteiger partial charge on any atom is 0.327 e. The Bertz CT molecular complexity index is 295. The molecule has 0 aromatic rings. The van der Waals surface area contributed by atoms with Gasteiger partial charge < -0.3 is 5.11 Å². The zero-order valence-electron chi connectivity index (χ0n) is 13.6. The van der Waals surface area contributed by atoms with Crippen LogP contribution in [0.5, 0.6) is 0 Å². The molecule has 21 heavy (non-hydrogen) atoms. The predicted octanol–water partition coefficient (Wildman–Crippen LogP) is 5.29. The van der Waals surface area contributed by atoms with Crippen LogP contribution in [0.4, 0.5) is 0 Å². The standard InChI is InChI=1S/C18H32O3/c1-2-3-4-5-8-11-14-17(19)15-12-9-6-7-10-13-16-18(20)21/h13,16H,2-12,14-15H2,1H3,(H,20,21)/b16-13-. The average molecular weight is 296 g/mol. The first-order valence-electron chi connectivity index (χ1n) is 8.58. The van der Waals surface area contributed by atoms with Gasteiger partial charge in [0.15, 0.2) is 0 Å². The Hall–Kier alpha value is -1.12. The van der Waals surface area contributed by atoms with Gasteiger partial charge in [-0.2, -0.15) is 0 Å². The summed E-state index contributed by atoms with van der Waals surface area (Å²) in [6.45, 7) is 2.21. The van der Waals surface area contributed by atoms with Crippen LogP contribution in [0.2, 0.25) is 0 Å². The highest BCUT2D eigenvalue weighted by Gasteiger charge is 2.01. The smallest absolute Gasteiger partial charge is 0.327 e. The second-order valence-electron chi connectivity index (χ2n) is 5.75. The third kappa shape index (κ3) is 16.8. The Labute approximate surface area is 129 Å². The zero-order valence-corrected chi connectivity index (χ0v) is 13.6. The van der Waals surface area contributed by atoms with Gasteiger partial charge in [0.2, 0.25) is 0 Å². The summed E-state index contributed by atoms with van der Waals surface area (Å²) in [5.74, 6) is -0.466. The SMILES string of the molecule is CCCCCCCCC(=O)CCCCCC/C=C\C(=O)O. The van der Waals surface area contributed by atoms with Gasteiger partial charge in [-0.05, 0) is 25.7 Å². The molecule has 0 aliphatic heterocycles. The van der Waals surface area contributed by atoms with Crippen molar-refractivity contribution in [1.29, 1.82) is 0 Å². The number of carbonyl (C=O) groups is 2. The van der Waals surface area contributed by atoms with Crippen LogP contribution >= 0.6 is 0 Å². The summed E-state index contributed by atoms with van der Waals surface area (Å²) in [6.07, 6.45) is 16.8. The van der Waals surface area contributed by atoms with Gasteiger partial charge in [0.05, 0.1) is 0 Å². The number of carboxylic acids is 1. The Balaban J connectivity index is 3.24. The van der Waals surface area contributed by atoms with Gasteiger partial charge in [0.25, 0.3) is 0 Å². The lowest BCUT2D eigenvalue weighted by molar-refractivity contribution is -0.131.